The SMILES string of the molecule is CC(=O)O[C@@H]1CC[C@@H](C(=O)OCc2ccccc2)N(C(=O)OCc2ccccc2)C1. The summed E-state index contributed by atoms with van der Waals surface area (Å²) >= 11 is 0. The Morgan fingerprint density at radius 2 is 1.43 bits per heavy atom. The van der Waals surface area contributed by atoms with Crippen LogP contribution in [0.1, 0.15) is 30.9 Å². The van der Waals surface area contributed by atoms with Crippen molar-refractivity contribution in [3.8, 4) is 0 Å². The molecule has 2 aromatic rings. The van der Waals surface area contributed by atoms with Crippen molar-refractivity contribution in [1.82, 2.24) is 4.90 Å². The predicted molar refractivity (Wildman–Crippen MR) is 108 cm³/mol. The molecule has 1 aliphatic heterocycles. The third-order valence-electron chi connectivity index (χ3n) is 4.81. The van der Waals surface area contributed by atoms with Gasteiger partial charge in [0.1, 0.15) is 25.4 Å². The molecular formula is C23H25NO6. The van der Waals surface area contributed by atoms with Crippen LogP contribution in [0.5, 0.6) is 0 Å². The monoisotopic (exact) mass is 411 g/mol. The first-order chi connectivity index (χ1) is 14.5. The summed E-state index contributed by atoms with van der Waals surface area (Å²) in [7, 11) is 0. The van der Waals surface area contributed by atoms with Crippen LogP contribution in [0.3, 0.4) is 0 Å². The molecule has 7 heteroatoms. The summed E-state index contributed by atoms with van der Waals surface area (Å²) in [4.78, 5) is 38.1. The Balaban J connectivity index is 1.65. The van der Waals surface area contributed by atoms with E-state index in [2.05, 4.69) is 0 Å². The van der Waals surface area contributed by atoms with Crippen molar-refractivity contribution in [2.75, 3.05) is 6.54 Å². The van der Waals surface area contributed by atoms with E-state index in [0.29, 0.717) is 12.8 Å². The van der Waals surface area contributed by atoms with Crippen LogP contribution in [0.15, 0.2) is 60.7 Å². The third kappa shape index (κ3) is 6.07. The molecule has 1 saturated heterocycles. The first-order valence-electron chi connectivity index (χ1n) is 9.88. The van der Waals surface area contributed by atoms with Gasteiger partial charge in [0, 0.05) is 6.92 Å². The maximum atomic E-state index is 12.7. The summed E-state index contributed by atoms with van der Waals surface area (Å²) in [6.45, 7) is 1.60. The zero-order chi connectivity index (χ0) is 21.3. The topological polar surface area (TPSA) is 82.1 Å². The average Bonchev–Trinajstić information content (AvgIpc) is 2.77. The number of rotatable bonds is 6. The first kappa shape index (κ1) is 21.4. The van der Waals surface area contributed by atoms with E-state index in [1.165, 1.54) is 11.8 Å². The summed E-state index contributed by atoms with van der Waals surface area (Å²) in [6.07, 6.45) is -0.332. The van der Waals surface area contributed by atoms with Gasteiger partial charge >= 0.3 is 18.0 Å². The van der Waals surface area contributed by atoms with E-state index < -0.39 is 30.2 Å². The van der Waals surface area contributed by atoms with Gasteiger partial charge in [-0.15, -0.1) is 0 Å². The van der Waals surface area contributed by atoms with Crippen molar-refractivity contribution in [3.05, 3.63) is 71.8 Å². The minimum Gasteiger partial charge on any atom is -0.461 e. The van der Waals surface area contributed by atoms with Crippen LogP contribution in [-0.4, -0.2) is 41.6 Å². The molecule has 3 rings (SSSR count). The Morgan fingerprint density at radius 3 is 2.00 bits per heavy atom. The molecule has 2 aromatic carbocycles. The lowest BCUT2D eigenvalue weighted by molar-refractivity contribution is -0.157. The molecule has 1 heterocycles. The molecule has 0 bridgehead atoms. The summed E-state index contributed by atoms with van der Waals surface area (Å²) in [5.41, 5.74) is 1.69. The van der Waals surface area contributed by atoms with E-state index in [0.717, 1.165) is 11.1 Å². The Kier molecular flexibility index (Phi) is 7.43. The van der Waals surface area contributed by atoms with Crippen LogP contribution < -0.4 is 0 Å². The molecule has 0 unspecified atom stereocenters. The van der Waals surface area contributed by atoms with Crippen LogP contribution in [-0.2, 0) is 37.0 Å². The Bertz CT molecular complexity index is 855. The first-order valence-corrected chi connectivity index (χ1v) is 9.88. The number of ether oxygens (including phenoxy) is 3. The molecule has 1 amide bonds. The second kappa shape index (κ2) is 10.4. The van der Waals surface area contributed by atoms with E-state index in [-0.39, 0.29) is 19.8 Å². The molecule has 0 aromatic heterocycles. The minimum absolute atomic E-state index is 0.0817. The Labute approximate surface area is 175 Å². The van der Waals surface area contributed by atoms with Crippen molar-refractivity contribution >= 4 is 18.0 Å². The number of amides is 1. The highest BCUT2D eigenvalue weighted by Crippen LogP contribution is 2.23. The second-order valence-corrected chi connectivity index (χ2v) is 7.11. The summed E-state index contributed by atoms with van der Waals surface area (Å²) in [5, 5.41) is 0. The third-order valence-corrected chi connectivity index (χ3v) is 4.81. The van der Waals surface area contributed by atoms with Gasteiger partial charge < -0.3 is 14.2 Å². The van der Waals surface area contributed by atoms with Crippen molar-refractivity contribution in [2.24, 2.45) is 0 Å². The van der Waals surface area contributed by atoms with Crippen molar-refractivity contribution in [1.29, 1.82) is 0 Å². The predicted octanol–water partition coefficient (Wildman–Crippen LogP) is 3.46. The lowest BCUT2D eigenvalue weighted by Gasteiger charge is -2.36. The van der Waals surface area contributed by atoms with Gasteiger partial charge in [0.05, 0.1) is 6.54 Å². The fourth-order valence-electron chi connectivity index (χ4n) is 3.34. The number of nitrogens with zero attached hydrogens (tertiary/aromatic N) is 1. The zero-order valence-electron chi connectivity index (χ0n) is 16.9. The molecule has 158 valence electrons. The van der Waals surface area contributed by atoms with Gasteiger partial charge in [-0.1, -0.05) is 60.7 Å². The highest BCUT2D eigenvalue weighted by Gasteiger charge is 2.39. The lowest BCUT2D eigenvalue weighted by atomic mass is 10.0. The van der Waals surface area contributed by atoms with E-state index in [1.54, 1.807) is 0 Å². The minimum atomic E-state index is -0.788. The number of likely N-dealkylation sites (tertiary alicyclic amines) is 1. The molecule has 7 nitrogen and oxygen atoms in total. The highest BCUT2D eigenvalue weighted by atomic mass is 16.6. The maximum Gasteiger partial charge on any atom is 0.410 e. The highest BCUT2D eigenvalue weighted by molar-refractivity contribution is 5.82. The summed E-state index contributed by atoms with van der Waals surface area (Å²) in [6, 6.07) is 17.8. The largest absolute Gasteiger partial charge is 0.461 e. The molecule has 0 aliphatic carbocycles. The molecule has 30 heavy (non-hydrogen) atoms. The normalized spacial score (nSPS) is 18.4. The van der Waals surface area contributed by atoms with Crippen LogP contribution in [0.4, 0.5) is 4.79 Å². The molecule has 0 spiro atoms. The fourth-order valence-corrected chi connectivity index (χ4v) is 3.34. The Hall–Kier alpha value is -3.35. The molecule has 0 saturated carbocycles. The van der Waals surface area contributed by atoms with E-state index in [4.69, 9.17) is 14.2 Å². The average molecular weight is 411 g/mol. The summed E-state index contributed by atoms with van der Waals surface area (Å²) in [5.74, 6) is -0.931. The molecule has 1 fully saturated rings. The number of carbonyl (C=O) groups excluding carboxylic acids is 3. The van der Waals surface area contributed by atoms with Gasteiger partial charge in [0.2, 0.25) is 0 Å². The number of esters is 2. The molecule has 1 aliphatic rings. The van der Waals surface area contributed by atoms with E-state index in [9.17, 15) is 14.4 Å². The smallest absolute Gasteiger partial charge is 0.410 e. The van der Waals surface area contributed by atoms with Gasteiger partial charge in [0.15, 0.2) is 0 Å². The van der Waals surface area contributed by atoms with E-state index >= 15 is 0 Å². The Morgan fingerprint density at radius 1 is 0.867 bits per heavy atom. The van der Waals surface area contributed by atoms with Crippen LogP contribution in [0.25, 0.3) is 0 Å². The van der Waals surface area contributed by atoms with Gasteiger partial charge in [0.25, 0.3) is 0 Å². The number of hydrogen-bond donors (Lipinski definition) is 0. The number of carbonyl (C=O) groups is 3. The zero-order valence-corrected chi connectivity index (χ0v) is 16.9. The number of benzene rings is 2. The lowest BCUT2D eigenvalue weighted by Crippen LogP contribution is -2.53. The van der Waals surface area contributed by atoms with Crippen LogP contribution in [0, 0.1) is 0 Å². The summed E-state index contributed by atoms with van der Waals surface area (Å²) < 4.78 is 16.1. The number of piperidine rings is 1. The van der Waals surface area contributed by atoms with Gasteiger partial charge in [-0.25, -0.2) is 9.59 Å². The maximum absolute atomic E-state index is 12.7. The fraction of sp³-hybridized carbons (Fsp3) is 0.348. The van der Waals surface area contributed by atoms with E-state index in [1.807, 2.05) is 60.7 Å². The molecule has 0 N–H and O–H groups in total. The van der Waals surface area contributed by atoms with Gasteiger partial charge in [-0.3, -0.25) is 9.69 Å². The van der Waals surface area contributed by atoms with Gasteiger partial charge in [-0.2, -0.15) is 0 Å². The quantitative estimate of drug-likeness (QED) is 0.535. The van der Waals surface area contributed by atoms with Crippen molar-refractivity contribution < 1.29 is 28.6 Å². The second-order valence-electron chi connectivity index (χ2n) is 7.11. The molecule has 2 atom stereocenters. The molecule has 0 radical (unpaired) electrons. The van der Waals surface area contributed by atoms with Gasteiger partial charge in [-0.05, 0) is 24.0 Å². The van der Waals surface area contributed by atoms with Crippen molar-refractivity contribution in [3.63, 3.8) is 0 Å². The standard InChI is InChI=1S/C23H25NO6/c1-17(25)30-20-12-13-21(22(26)28-15-18-8-4-2-5-9-18)24(14-20)23(27)29-16-19-10-6-3-7-11-19/h2-11,20-21H,12-16H2,1H3/t20-,21+/m1/s1. The van der Waals surface area contributed by atoms with Crippen molar-refractivity contribution in [2.45, 2.75) is 45.1 Å². The number of hydrogen-bond acceptors (Lipinski definition) is 6. The molecular weight excluding hydrogens is 386 g/mol. The van der Waals surface area contributed by atoms with Crippen LogP contribution >= 0.6 is 0 Å². The van der Waals surface area contributed by atoms with Crippen LogP contribution in [0.2, 0.25) is 0 Å².